The van der Waals surface area contributed by atoms with Crippen LogP contribution in [-0.4, -0.2) is 29.0 Å². The van der Waals surface area contributed by atoms with Crippen molar-refractivity contribution in [3.05, 3.63) is 35.9 Å². The number of carboxylic acid groups (broad SMARTS) is 1. The van der Waals surface area contributed by atoms with Gasteiger partial charge < -0.3 is 10.4 Å². The summed E-state index contributed by atoms with van der Waals surface area (Å²) in [4.78, 5) is 22.5. The van der Waals surface area contributed by atoms with Crippen molar-refractivity contribution in [2.75, 3.05) is 12.0 Å². The summed E-state index contributed by atoms with van der Waals surface area (Å²) in [5.41, 5.74) is 0.817. The number of hydrogen-bond donors (Lipinski definition) is 2. The molecule has 1 amide bonds. The lowest BCUT2D eigenvalue weighted by atomic mass is 10.0. The van der Waals surface area contributed by atoms with Gasteiger partial charge in [-0.1, -0.05) is 30.3 Å². The number of rotatable bonds is 7. The van der Waals surface area contributed by atoms with E-state index in [1.54, 1.807) is 11.8 Å². The number of carbonyl (C=O) groups excluding carboxylic acids is 1. The van der Waals surface area contributed by atoms with Crippen molar-refractivity contribution in [3.8, 4) is 0 Å². The molecule has 0 aliphatic rings. The molecule has 0 unspecified atom stereocenters. The van der Waals surface area contributed by atoms with Gasteiger partial charge in [0.25, 0.3) is 0 Å². The van der Waals surface area contributed by atoms with Crippen molar-refractivity contribution in [1.82, 2.24) is 5.32 Å². The smallest absolute Gasteiger partial charge is 0.305 e. The Kier molecular flexibility index (Phi) is 6.28. The Morgan fingerprint density at radius 3 is 2.56 bits per heavy atom. The van der Waals surface area contributed by atoms with Crippen LogP contribution in [-0.2, 0) is 9.59 Å². The predicted molar refractivity (Wildman–Crippen MR) is 72.6 cm³/mol. The zero-order valence-electron chi connectivity index (χ0n) is 10.3. The summed E-state index contributed by atoms with van der Waals surface area (Å²) in [5, 5.41) is 11.6. The van der Waals surface area contributed by atoms with Gasteiger partial charge in [0, 0.05) is 12.2 Å². The summed E-state index contributed by atoms with van der Waals surface area (Å²) >= 11 is 1.59. The number of nitrogens with one attached hydrogen (secondary N) is 1. The lowest BCUT2D eigenvalue weighted by molar-refractivity contribution is -0.137. The van der Waals surface area contributed by atoms with E-state index in [1.165, 1.54) is 0 Å². The number of thioether (sulfide) groups is 1. The van der Waals surface area contributed by atoms with Crippen LogP contribution in [0.4, 0.5) is 0 Å². The molecule has 1 rings (SSSR count). The Morgan fingerprint density at radius 2 is 2.00 bits per heavy atom. The molecule has 0 fully saturated rings. The largest absolute Gasteiger partial charge is 0.481 e. The van der Waals surface area contributed by atoms with Crippen molar-refractivity contribution < 1.29 is 14.7 Å². The summed E-state index contributed by atoms with van der Waals surface area (Å²) < 4.78 is 0. The third kappa shape index (κ3) is 5.23. The third-order valence-electron chi connectivity index (χ3n) is 2.45. The fourth-order valence-electron chi connectivity index (χ4n) is 1.57. The molecule has 1 aromatic carbocycles. The average molecular weight is 267 g/mol. The zero-order valence-corrected chi connectivity index (χ0v) is 11.1. The van der Waals surface area contributed by atoms with Gasteiger partial charge in [0.2, 0.25) is 5.91 Å². The number of carbonyl (C=O) groups is 2. The molecule has 0 heterocycles. The van der Waals surface area contributed by atoms with Crippen molar-refractivity contribution >= 4 is 23.6 Å². The van der Waals surface area contributed by atoms with Gasteiger partial charge >= 0.3 is 5.97 Å². The van der Waals surface area contributed by atoms with Gasteiger partial charge in [-0.25, -0.2) is 0 Å². The molecule has 0 bridgehead atoms. The van der Waals surface area contributed by atoms with Crippen molar-refractivity contribution in [3.63, 3.8) is 0 Å². The molecule has 0 radical (unpaired) electrons. The second-order valence-corrected chi connectivity index (χ2v) is 4.86. The van der Waals surface area contributed by atoms with E-state index < -0.39 is 12.0 Å². The van der Waals surface area contributed by atoms with Crippen LogP contribution in [0.3, 0.4) is 0 Å². The molecule has 0 aliphatic heterocycles. The third-order valence-corrected chi connectivity index (χ3v) is 3.06. The van der Waals surface area contributed by atoms with Crippen LogP contribution >= 0.6 is 11.8 Å². The number of aliphatic carboxylic acids is 1. The summed E-state index contributed by atoms with van der Waals surface area (Å²) in [7, 11) is 0. The van der Waals surface area contributed by atoms with E-state index in [0.29, 0.717) is 6.42 Å². The molecule has 0 aromatic heterocycles. The van der Waals surface area contributed by atoms with Crippen LogP contribution in [0.1, 0.15) is 24.4 Å². The van der Waals surface area contributed by atoms with Crippen LogP contribution in [0.25, 0.3) is 0 Å². The molecular weight excluding hydrogens is 250 g/mol. The molecular formula is C13H17NO3S. The Morgan fingerprint density at radius 1 is 1.33 bits per heavy atom. The monoisotopic (exact) mass is 267 g/mol. The molecule has 0 aliphatic carbocycles. The number of carboxylic acids is 1. The van der Waals surface area contributed by atoms with Crippen LogP contribution in [0, 0.1) is 0 Å². The van der Waals surface area contributed by atoms with E-state index in [9.17, 15) is 9.59 Å². The van der Waals surface area contributed by atoms with Crippen LogP contribution < -0.4 is 5.32 Å². The first-order valence-electron chi connectivity index (χ1n) is 5.68. The first-order chi connectivity index (χ1) is 8.63. The Balaban J connectivity index is 2.67. The first kappa shape index (κ1) is 14.6. The average Bonchev–Trinajstić information content (AvgIpc) is 2.36. The molecule has 98 valence electrons. The van der Waals surface area contributed by atoms with Crippen LogP contribution in [0.2, 0.25) is 0 Å². The van der Waals surface area contributed by atoms with E-state index in [0.717, 1.165) is 11.3 Å². The number of benzene rings is 1. The van der Waals surface area contributed by atoms with Gasteiger partial charge in [-0.3, -0.25) is 9.59 Å². The van der Waals surface area contributed by atoms with Crippen LogP contribution in [0.5, 0.6) is 0 Å². The second-order valence-electron chi connectivity index (χ2n) is 3.87. The van der Waals surface area contributed by atoms with Crippen LogP contribution in [0.15, 0.2) is 30.3 Å². The maximum atomic E-state index is 11.6. The van der Waals surface area contributed by atoms with Gasteiger partial charge in [0.05, 0.1) is 12.5 Å². The molecule has 2 N–H and O–H groups in total. The van der Waals surface area contributed by atoms with Crippen molar-refractivity contribution in [2.45, 2.75) is 18.9 Å². The summed E-state index contributed by atoms with van der Waals surface area (Å²) in [6.07, 6.45) is 2.23. The van der Waals surface area contributed by atoms with E-state index >= 15 is 0 Å². The highest BCUT2D eigenvalue weighted by molar-refractivity contribution is 7.98. The maximum absolute atomic E-state index is 11.6. The van der Waals surface area contributed by atoms with Gasteiger partial charge in [-0.05, 0) is 11.8 Å². The minimum absolute atomic E-state index is 0.102. The molecule has 5 heteroatoms. The molecule has 0 spiro atoms. The molecule has 4 nitrogen and oxygen atoms in total. The normalized spacial score (nSPS) is 11.8. The zero-order chi connectivity index (χ0) is 13.4. The molecule has 1 atom stereocenters. The molecule has 0 saturated carbocycles. The highest BCUT2D eigenvalue weighted by Crippen LogP contribution is 2.16. The lowest BCUT2D eigenvalue weighted by Gasteiger charge is -2.17. The fourth-order valence-corrected chi connectivity index (χ4v) is 1.96. The number of hydrogen-bond acceptors (Lipinski definition) is 3. The Labute approximate surface area is 111 Å². The Bertz CT molecular complexity index is 394. The van der Waals surface area contributed by atoms with E-state index in [1.807, 2.05) is 36.6 Å². The van der Waals surface area contributed by atoms with E-state index in [4.69, 9.17) is 5.11 Å². The molecule has 0 saturated heterocycles. The summed E-state index contributed by atoms with van der Waals surface area (Å²) in [6, 6.07) is 8.70. The van der Waals surface area contributed by atoms with Gasteiger partial charge in [-0.15, -0.1) is 0 Å². The van der Waals surface area contributed by atoms with Gasteiger partial charge in [0.1, 0.15) is 0 Å². The van der Waals surface area contributed by atoms with Gasteiger partial charge in [0.15, 0.2) is 0 Å². The first-order valence-corrected chi connectivity index (χ1v) is 7.08. The van der Waals surface area contributed by atoms with Crippen molar-refractivity contribution in [1.29, 1.82) is 0 Å². The minimum atomic E-state index is -0.922. The van der Waals surface area contributed by atoms with E-state index in [2.05, 4.69) is 5.32 Å². The highest BCUT2D eigenvalue weighted by atomic mass is 32.2. The standard InChI is InChI=1S/C13H17NO3S/c1-18-8-7-12(15)14-11(9-13(16)17)10-5-3-2-4-6-10/h2-6,11H,7-9H2,1H3,(H,14,15)(H,16,17)/t11-/m0/s1. The topological polar surface area (TPSA) is 66.4 Å². The SMILES string of the molecule is CSCCC(=O)N[C@@H](CC(=O)O)c1ccccc1. The lowest BCUT2D eigenvalue weighted by Crippen LogP contribution is -2.30. The minimum Gasteiger partial charge on any atom is -0.481 e. The van der Waals surface area contributed by atoms with Gasteiger partial charge in [-0.2, -0.15) is 11.8 Å². The second kappa shape index (κ2) is 7.76. The Hall–Kier alpha value is -1.49. The molecule has 1 aromatic rings. The fraction of sp³-hybridized carbons (Fsp3) is 0.385. The van der Waals surface area contributed by atoms with E-state index in [-0.39, 0.29) is 12.3 Å². The highest BCUT2D eigenvalue weighted by Gasteiger charge is 2.17. The molecule has 18 heavy (non-hydrogen) atoms. The quantitative estimate of drug-likeness (QED) is 0.793. The maximum Gasteiger partial charge on any atom is 0.305 e. The van der Waals surface area contributed by atoms with Crippen molar-refractivity contribution in [2.24, 2.45) is 0 Å². The number of amides is 1. The summed E-state index contributed by atoms with van der Waals surface area (Å²) in [5.74, 6) is -0.297. The summed E-state index contributed by atoms with van der Waals surface area (Å²) in [6.45, 7) is 0. The predicted octanol–water partition coefficient (Wildman–Crippen LogP) is 2.07.